The summed E-state index contributed by atoms with van der Waals surface area (Å²) in [5.74, 6) is 0. The highest BCUT2D eigenvalue weighted by molar-refractivity contribution is 6.30. The van der Waals surface area contributed by atoms with Gasteiger partial charge in [0.1, 0.15) is 0 Å². The minimum absolute atomic E-state index is 0.00846. The molecular weight excluding hydrogens is 287 g/mol. The van der Waals surface area contributed by atoms with Crippen LogP contribution in [-0.4, -0.2) is 6.04 Å². The van der Waals surface area contributed by atoms with E-state index in [-0.39, 0.29) is 16.8 Å². The van der Waals surface area contributed by atoms with Crippen LogP contribution in [0, 0.1) is 0 Å². The van der Waals surface area contributed by atoms with Gasteiger partial charge in [-0.05, 0) is 31.5 Å². The quantitative estimate of drug-likeness (QED) is 0.597. The molecule has 0 amide bonds. The molecule has 1 atom stereocenters. The van der Waals surface area contributed by atoms with Gasteiger partial charge >= 0.3 is 6.18 Å². The van der Waals surface area contributed by atoms with Crippen LogP contribution in [0.2, 0.25) is 5.02 Å². The van der Waals surface area contributed by atoms with E-state index in [4.69, 9.17) is 11.6 Å². The zero-order valence-corrected chi connectivity index (χ0v) is 12.6. The van der Waals surface area contributed by atoms with Gasteiger partial charge in [0, 0.05) is 16.8 Å². The summed E-state index contributed by atoms with van der Waals surface area (Å²) in [7, 11) is 0. The van der Waals surface area contributed by atoms with Crippen molar-refractivity contribution < 1.29 is 13.2 Å². The number of nitrogens with one attached hydrogen (secondary N) is 1. The minimum Gasteiger partial charge on any atom is -0.382 e. The van der Waals surface area contributed by atoms with Crippen LogP contribution < -0.4 is 5.32 Å². The van der Waals surface area contributed by atoms with Crippen molar-refractivity contribution in [2.45, 2.75) is 58.2 Å². The van der Waals surface area contributed by atoms with Crippen molar-refractivity contribution in [3.05, 3.63) is 28.8 Å². The zero-order valence-electron chi connectivity index (χ0n) is 11.9. The Kier molecular flexibility index (Phi) is 6.66. The Morgan fingerprint density at radius 3 is 2.50 bits per heavy atom. The molecule has 0 aliphatic heterocycles. The molecule has 1 aromatic rings. The van der Waals surface area contributed by atoms with Gasteiger partial charge in [0.2, 0.25) is 0 Å². The van der Waals surface area contributed by atoms with Crippen molar-refractivity contribution in [3.63, 3.8) is 0 Å². The fraction of sp³-hybridized carbons (Fsp3) is 0.600. The molecule has 0 spiro atoms. The molecule has 1 aromatic carbocycles. The van der Waals surface area contributed by atoms with Gasteiger partial charge in [-0.25, -0.2) is 0 Å². The lowest BCUT2D eigenvalue weighted by Gasteiger charge is -2.19. The molecule has 0 aliphatic carbocycles. The molecule has 5 heteroatoms. The fourth-order valence-electron chi connectivity index (χ4n) is 2.09. The summed E-state index contributed by atoms with van der Waals surface area (Å²) in [5, 5.41) is 3.04. The third-order valence-corrected chi connectivity index (χ3v) is 3.41. The summed E-state index contributed by atoms with van der Waals surface area (Å²) in [5.41, 5.74) is -0.602. The molecule has 20 heavy (non-hydrogen) atoms. The molecule has 0 saturated heterocycles. The van der Waals surface area contributed by atoms with Gasteiger partial charge in [0.25, 0.3) is 0 Å². The first-order valence-electron chi connectivity index (χ1n) is 6.98. The number of benzene rings is 1. The van der Waals surface area contributed by atoms with Crippen LogP contribution in [0.25, 0.3) is 0 Å². The predicted molar refractivity (Wildman–Crippen MR) is 78.3 cm³/mol. The van der Waals surface area contributed by atoms with Gasteiger partial charge in [-0.1, -0.05) is 44.2 Å². The number of halogens is 4. The Bertz CT molecular complexity index is 418. The maximum absolute atomic E-state index is 12.9. The number of unbranched alkanes of at least 4 members (excludes halogenated alkanes) is 3. The zero-order chi connectivity index (χ0) is 15.2. The molecular formula is C15H21ClF3N. The Hall–Kier alpha value is -0.900. The van der Waals surface area contributed by atoms with Gasteiger partial charge in [-0.3, -0.25) is 0 Å². The first kappa shape index (κ1) is 17.2. The molecule has 114 valence electrons. The summed E-state index contributed by atoms with van der Waals surface area (Å²) in [6.07, 6.45) is 0.931. The molecule has 0 heterocycles. The van der Waals surface area contributed by atoms with Crippen molar-refractivity contribution in [1.29, 1.82) is 0 Å². The summed E-state index contributed by atoms with van der Waals surface area (Å²) in [6, 6.07) is 3.85. The summed E-state index contributed by atoms with van der Waals surface area (Å²) in [4.78, 5) is 0. The van der Waals surface area contributed by atoms with Gasteiger partial charge in [0.05, 0.1) is 5.56 Å². The lowest BCUT2D eigenvalue weighted by molar-refractivity contribution is -0.137. The molecule has 0 saturated carbocycles. The number of alkyl halides is 3. The number of rotatable bonds is 7. The fourth-order valence-corrected chi connectivity index (χ4v) is 2.26. The highest BCUT2D eigenvalue weighted by atomic mass is 35.5. The van der Waals surface area contributed by atoms with E-state index in [0.717, 1.165) is 31.7 Å². The second-order valence-corrected chi connectivity index (χ2v) is 5.52. The third kappa shape index (κ3) is 5.61. The van der Waals surface area contributed by atoms with Crippen LogP contribution in [-0.2, 0) is 6.18 Å². The van der Waals surface area contributed by atoms with Crippen molar-refractivity contribution in [3.8, 4) is 0 Å². The largest absolute Gasteiger partial charge is 0.418 e. The highest BCUT2D eigenvalue weighted by Gasteiger charge is 2.34. The molecule has 0 aliphatic rings. The van der Waals surface area contributed by atoms with Crippen LogP contribution in [0.4, 0.5) is 18.9 Å². The minimum atomic E-state index is -4.39. The van der Waals surface area contributed by atoms with E-state index in [1.807, 2.05) is 6.92 Å². The topological polar surface area (TPSA) is 12.0 Å². The van der Waals surface area contributed by atoms with Crippen molar-refractivity contribution in [2.75, 3.05) is 5.32 Å². The Balaban J connectivity index is 2.67. The van der Waals surface area contributed by atoms with Gasteiger partial charge in [-0.15, -0.1) is 0 Å². The Labute approximate surface area is 123 Å². The van der Waals surface area contributed by atoms with Crippen LogP contribution in [0.3, 0.4) is 0 Å². The lowest BCUT2D eigenvalue weighted by atomic mass is 10.1. The van der Waals surface area contributed by atoms with Gasteiger partial charge < -0.3 is 5.32 Å². The van der Waals surface area contributed by atoms with E-state index in [1.54, 1.807) is 0 Å². The van der Waals surface area contributed by atoms with Crippen LogP contribution >= 0.6 is 11.6 Å². The van der Waals surface area contributed by atoms with Crippen LogP contribution in [0.15, 0.2) is 18.2 Å². The molecule has 1 N–H and O–H groups in total. The standard InChI is InChI=1S/C15H21ClF3N/c1-3-4-5-6-7-11(2)20-14-9-8-12(16)10-13(14)15(17,18)19/h8-11,20H,3-7H2,1-2H3. The van der Waals surface area contributed by atoms with E-state index < -0.39 is 11.7 Å². The van der Waals surface area contributed by atoms with E-state index >= 15 is 0 Å². The average Bonchev–Trinajstić information content (AvgIpc) is 2.35. The molecule has 1 rings (SSSR count). The number of hydrogen-bond acceptors (Lipinski definition) is 1. The molecule has 0 fully saturated rings. The maximum atomic E-state index is 12.9. The third-order valence-electron chi connectivity index (χ3n) is 3.18. The van der Waals surface area contributed by atoms with Gasteiger partial charge in [-0.2, -0.15) is 13.2 Å². The van der Waals surface area contributed by atoms with Crippen molar-refractivity contribution in [1.82, 2.24) is 0 Å². The number of hydrogen-bond donors (Lipinski definition) is 1. The Morgan fingerprint density at radius 1 is 1.20 bits per heavy atom. The van der Waals surface area contributed by atoms with Crippen molar-refractivity contribution in [2.24, 2.45) is 0 Å². The van der Waals surface area contributed by atoms with Crippen LogP contribution in [0.5, 0.6) is 0 Å². The monoisotopic (exact) mass is 307 g/mol. The van der Waals surface area contributed by atoms with E-state index in [2.05, 4.69) is 12.2 Å². The van der Waals surface area contributed by atoms with Crippen LogP contribution in [0.1, 0.15) is 51.5 Å². The molecule has 0 radical (unpaired) electrons. The predicted octanol–water partition coefficient (Wildman–Crippen LogP) is 6.13. The summed E-state index contributed by atoms with van der Waals surface area (Å²) in [6.45, 7) is 4.03. The summed E-state index contributed by atoms with van der Waals surface area (Å²) >= 11 is 5.65. The number of anilines is 1. The summed E-state index contributed by atoms with van der Waals surface area (Å²) < 4.78 is 38.8. The second-order valence-electron chi connectivity index (χ2n) is 5.08. The Morgan fingerprint density at radius 2 is 1.90 bits per heavy atom. The molecule has 1 unspecified atom stereocenters. The highest BCUT2D eigenvalue weighted by Crippen LogP contribution is 2.36. The molecule has 1 nitrogen and oxygen atoms in total. The molecule has 0 aromatic heterocycles. The lowest BCUT2D eigenvalue weighted by Crippen LogP contribution is -2.18. The average molecular weight is 308 g/mol. The maximum Gasteiger partial charge on any atom is 0.418 e. The van der Waals surface area contributed by atoms with Gasteiger partial charge in [0.15, 0.2) is 0 Å². The SMILES string of the molecule is CCCCCCC(C)Nc1ccc(Cl)cc1C(F)(F)F. The van der Waals surface area contributed by atoms with Crippen molar-refractivity contribution >= 4 is 17.3 Å². The van der Waals surface area contributed by atoms with E-state index in [1.165, 1.54) is 18.6 Å². The second kappa shape index (κ2) is 7.77. The first-order valence-corrected chi connectivity index (χ1v) is 7.35. The molecule has 0 bridgehead atoms. The van der Waals surface area contributed by atoms with E-state index in [9.17, 15) is 13.2 Å². The smallest absolute Gasteiger partial charge is 0.382 e. The van der Waals surface area contributed by atoms with E-state index in [0.29, 0.717) is 0 Å². The normalized spacial score (nSPS) is 13.3. The first-order chi connectivity index (χ1) is 9.34.